The quantitative estimate of drug-likeness (QED) is 0.685. The number of benzene rings is 2. The predicted molar refractivity (Wildman–Crippen MR) is 69.7 cm³/mol. The van der Waals surface area contributed by atoms with E-state index in [1.807, 2.05) is 42.5 Å². The van der Waals surface area contributed by atoms with E-state index in [-0.39, 0.29) is 11.6 Å². The van der Waals surface area contributed by atoms with Gasteiger partial charge in [-0.05, 0) is 29.7 Å². The summed E-state index contributed by atoms with van der Waals surface area (Å²) in [5.74, 6) is 0.170. The maximum Gasteiger partial charge on any atom is 0.194 e. The molecule has 0 aliphatic heterocycles. The largest absolute Gasteiger partial charge is 0.300 e. The Kier molecular flexibility index (Phi) is 2.37. The molecule has 0 N–H and O–H groups in total. The van der Waals surface area contributed by atoms with Crippen molar-refractivity contribution in [3.63, 3.8) is 0 Å². The summed E-state index contributed by atoms with van der Waals surface area (Å²) >= 11 is 0. The normalized spacial score (nSPS) is 12.2. The third kappa shape index (κ3) is 1.58. The molecule has 1 aliphatic rings. The lowest BCUT2D eigenvalue weighted by Crippen LogP contribution is -1.99. The molecule has 0 atom stereocenters. The predicted octanol–water partition coefficient (Wildman–Crippen LogP) is 3.03. The first-order valence-corrected chi connectivity index (χ1v) is 5.93. The molecule has 0 radical (unpaired) electrons. The van der Waals surface area contributed by atoms with Crippen molar-refractivity contribution in [3.05, 3.63) is 59.2 Å². The standard InChI is InChI=1S/C16H12O2/c1-10(17)8-11-6-7-13-12-4-2-3-5-14(12)16(18)15(13)9-11/h2-7,9H,8H2,1H3. The zero-order valence-corrected chi connectivity index (χ0v) is 10.1. The lowest BCUT2D eigenvalue weighted by atomic mass is 10.0. The zero-order valence-electron chi connectivity index (χ0n) is 10.1. The fourth-order valence-corrected chi connectivity index (χ4v) is 2.47. The van der Waals surface area contributed by atoms with Crippen LogP contribution < -0.4 is 0 Å². The van der Waals surface area contributed by atoms with Crippen LogP contribution in [0.2, 0.25) is 0 Å². The molecule has 2 aromatic rings. The average molecular weight is 236 g/mol. The molecule has 2 aromatic carbocycles. The van der Waals surface area contributed by atoms with Gasteiger partial charge >= 0.3 is 0 Å². The van der Waals surface area contributed by atoms with Gasteiger partial charge in [-0.2, -0.15) is 0 Å². The molecule has 18 heavy (non-hydrogen) atoms. The van der Waals surface area contributed by atoms with E-state index in [9.17, 15) is 9.59 Å². The highest BCUT2D eigenvalue weighted by Crippen LogP contribution is 2.36. The molecule has 2 nitrogen and oxygen atoms in total. The van der Waals surface area contributed by atoms with Gasteiger partial charge in [-0.1, -0.05) is 36.4 Å². The molecule has 0 saturated heterocycles. The van der Waals surface area contributed by atoms with Crippen LogP contribution in [0.15, 0.2) is 42.5 Å². The summed E-state index contributed by atoms with van der Waals surface area (Å²) in [5.41, 5.74) is 4.35. The molecule has 0 fully saturated rings. The smallest absolute Gasteiger partial charge is 0.194 e. The van der Waals surface area contributed by atoms with Crippen LogP contribution in [-0.4, -0.2) is 11.6 Å². The van der Waals surface area contributed by atoms with Gasteiger partial charge in [0.25, 0.3) is 0 Å². The summed E-state index contributed by atoms with van der Waals surface area (Å²) in [5, 5.41) is 0. The minimum absolute atomic E-state index is 0.0611. The first-order chi connectivity index (χ1) is 8.66. The van der Waals surface area contributed by atoms with Crippen molar-refractivity contribution in [2.45, 2.75) is 13.3 Å². The molecule has 0 amide bonds. The number of hydrogen-bond donors (Lipinski definition) is 0. The Hall–Kier alpha value is -2.22. The third-order valence-corrected chi connectivity index (χ3v) is 3.24. The second-order valence-corrected chi connectivity index (χ2v) is 4.63. The molecular formula is C16H12O2. The molecule has 88 valence electrons. The van der Waals surface area contributed by atoms with Gasteiger partial charge in [0.1, 0.15) is 5.78 Å². The monoisotopic (exact) mass is 236 g/mol. The minimum Gasteiger partial charge on any atom is -0.300 e. The molecule has 0 aromatic heterocycles. The van der Waals surface area contributed by atoms with E-state index < -0.39 is 0 Å². The summed E-state index contributed by atoms with van der Waals surface area (Å²) in [6, 6.07) is 13.3. The lowest BCUT2D eigenvalue weighted by Gasteiger charge is -2.02. The number of fused-ring (bicyclic) bond motifs is 3. The van der Waals surface area contributed by atoms with Crippen LogP contribution in [0.3, 0.4) is 0 Å². The molecule has 0 heterocycles. The molecular weight excluding hydrogens is 224 g/mol. The molecule has 0 spiro atoms. The van der Waals surface area contributed by atoms with Crippen molar-refractivity contribution in [1.82, 2.24) is 0 Å². The second-order valence-electron chi connectivity index (χ2n) is 4.63. The van der Waals surface area contributed by atoms with Crippen molar-refractivity contribution in [2.75, 3.05) is 0 Å². The van der Waals surface area contributed by atoms with Crippen LogP contribution in [0, 0.1) is 0 Å². The summed E-state index contributed by atoms with van der Waals surface area (Å²) in [7, 11) is 0. The van der Waals surface area contributed by atoms with Crippen LogP contribution in [0.5, 0.6) is 0 Å². The first-order valence-electron chi connectivity index (χ1n) is 5.93. The van der Waals surface area contributed by atoms with Gasteiger partial charge in [-0.3, -0.25) is 9.59 Å². The van der Waals surface area contributed by atoms with Gasteiger partial charge < -0.3 is 0 Å². The maximum atomic E-state index is 12.2. The second kappa shape index (κ2) is 3.91. The number of ketones is 2. The number of carbonyl (C=O) groups is 2. The number of carbonyl (C=O) groups excluding carboxylic acids is 2. The van der Waals surface area contributed by atoms with Crippen molar-refractivity contribution >= 4 is 11.6 Å². The summed E-state index contributed by atoms with van der Waals surface area (Å²) in [4.78, 5) is 23.4. The Morgan fingerprint density at radius 1 is 0.944 bits per heavy atom. The summed E-state index contributed by atoms with van der Waals surface area (Å²) < 4.78 is 0. The minimum atomic E-state index is 0.0611. The SMILES string of the molecule is CC(=O)Cc1ccc2c(c1)C(=O)c1ccccc1-2. The van der Waals surface area contributed by atoms with Crippen LogP contribution in [0.25, 0.3) is 11.1 Å². The van der Waals surface area contributed by atoms with Gasteiger partial charge in [0.2, 0.25) is 0 Å². The lowest BCUT2D eigenvalue weighted by molar-refractivity contribution is -0.116. The molecule has 0 saturated carbocycles. The van der Waals surface area contributed by atoms with Crippen LogP contribution >= 0.6 is 0 Å². The summed E-state index contributed by atoms with van der Waals surface area (Å²) in [6.07, 6.45) is 0.386. The molecule has 2 heteroatoms. The zero-order chi connectivity index (χ0) is 12.7. The highest BCUT2D eigenvalue weighted by molar-refractivity contribution is 6.21. The third-order valence-electron chi connectivity index (χ3n) is 3.24. The van der Waals surface area contributed by atoms with Gasteiger partial charge in [-0.25, -0.2) is 0 Å². The van der Waals surface area contributed by atoms with Crippen LogP contribution in [0.4, 0.5) is 0 Å². The Labute approximate surface area is 105 Å². The van der Waals surface area contributed by atoms with E-state index in [0.717, 1.165) is 27.8 Å². The van der Waals surface area contributed by atoms with Crippen molar-refractivity contribution in [1.29, 1.82) is 0 Å². The molecule has 1 aliphatic carbocycles. The first kappa shape index (κ1) is 10.9. The van der Waals surface area contributed by atoms with Crippen molar-refractivity contribution in [2.24, 2.45) is 0 Å². The van der Waals surface area contributed by atoms with Crippen LogP contribution in [0.1, 0.15) is 28.4 Å². The van der Waals surface area contributed by atoms with E-state index in [4.69, 9.17) is 0 Å². The molecule has 0 bridgehead atoms. The Bertz CT molecular complexity index is 669. The van der Waals surface area contributed by atoms with Gasteiger partial charge in [0.15, 0.2) is 5.78 Å². The fourth-order valence-electron chi connectivity index (χ4n) is 2.47. The van der Waals surface area contributed by atoms with Crippen LogP contribution in [-0.2, 0) is 11.2 Å². The van der Waals surface area contributed by atoms with Gasteiger partial charge in [0, 0.05) is 17.5 Å². The van der Waals surface area contributed by atoms with E-state index in [1.165, 1.54) is 0 Å². The van der Waals surface area contributed by atoms with Gasteiger partial charge in [0.05, 0.1) is 0 Å². The molecule has 0 unspecified atom stereocenters. The maximum absolute atomic E-state index is 12.2. The van der Waals surface area contributed by atoms with E-state index in [2.05, 4.69) is 0 Å². The highest BCUT2D eigenvalue weighted by Gasteiger charge is 2.26. The van der Waals surface area contributed by atoms with E-state index in [1.54, 1.807) is 6.92 Å². The van der Waals surface area contributed by atoms with Gasteiger partial charge in [-0.15, -0.1) is 0 Å². The number of rotatable bonds is 2. The Morgan fingerprint density at radius 2 is 1.61 bits per heavy atom. The average Bonchev–Trinajstić information content (AvgIpc) is 2.63. The fraction of sp³-hybridized carbons (Fsp3) is 0.125. The van der Waals surface area contributed by atoms with E-state index >= 15 is 0 Å². The molecule has 3 rings (SSSR count). The number of Topliss-reactive ketones (excluding diaryl/α,β-unsaturated/α-hetero) is 1. The van der Waals surface area contributed by atoms with Crippen molar-refractivity contribution < 1.29 is 9.59 Å². The Morgan fingerprint density at radius 3 is 2.33 bits per heavy atom. The van der Waals surface area contributed by atoms with Crippen molar-refractivity contribution in [3.8, 4) is 11.1 Å². The topological polar surface area (TPSA) is 34.1 Å². The van der Waals surface area contributed by atoms with E-state index in [0.29, 0.717) is 6.42 Å². The highest BCUT2D eigenvalue weighted by atomic mass is 16.1. The Balaban J connectivity index is 2.14. The summed E-state index contributed by atoms with van der Waals surface area (Å²) in [6.45, 7) is 1.56. The number of hydrogen-bond acceptors (Lipinski definition) is 2.